The Bertz CT molecular complexity index is 4030. The maximum atomic E-state index is 7.02. The van der Waals surface area contributed by atoms with E-state index >= 15 is 0 Å². The van der Waals surface area contributed by atoms with Crippen LogP contribution in [0.3, 0.4) is 0 Å². The Balaban J connectivity index is 1.12. The molecule has 0 unspecified atom stereocenters. The zero-order valence-electron chi connectivity index (χ0n) is 44.7. The third-order valence-corrected chi connectivity index (χ3v) is 17.0. The van der Waals surface area contributed by atoms with E-state index in [0.29, 0.717) is 0 Å². The first kappa shape index (κ1) is 47.0. The summed E-state index contributed by atoms with van der Waals surface area (Å²) in [5, 5.41) is 3.51. The summed E-state index contributed by atoms with van der Waals surface area (Å²) < 4.78 is 9.67. The van der Waals surface area contributed by atoms with Crippen molar-refractivity contribution in [2.75, 3.05) is 14.7 Å². The van der Waals surface area contributed by atoms with Crippen LogP contribution in [0.1, 0.15) is 84.6 Å². The van der Waals surface area contributed by atoms with E-state index in [0.717, 1.165) is 67.3 Å². The summed E-state index contributed by atoms with van der Waals surface area (Å²) in [5.74, 6) is 0. The molecule has 0 radical (unpaired) electrons. The molecular formula is C69H62BN3OS. The van der Waals surface area contributed by atoms with Crippen molar-refractivity contribution in [2.45, 2.75) is 85.5 Å². The van der Waals surface area contributed by atoms with Gasteiger partial charge >= 0.3 is 0 Å². The Labute approximate surface area is 446 Å². The largest absolute Gasteiger partial charge is 0.454 e. The van der Waals surface area contributed by atoms with E-state index in [1.54, 1.807) is 0 Å². The molecule has 11 aromatic rings. The topological polar surface area (TPSA) is 22.9 Å². The van der Waals surface area contributed by atoms with Gasteiger partial charge in [0.15, 0.2) is 5.58 Å². The van der Waals surface area contributed by atoms with Gasteiger partial charge in [-0.25, -0.2) is 0 Å². The zero-order chi connectivity index (χ0) is 51.7. The monoisotopic (exact) mass is 991 g/mol. The molecule has 0 spiro atoms. The molecule has 0 aliphatic carbocycles. The fourth-order valence-electron chi connectivity index (χ4n) is 11.8. The first-order chi connectivity index (χ1) is 36.0. The molecule has 13 rings (SSSR count). The van der Waals surface area contributed by atoms with Gasteiger partial charge in [0.25, 0.3) is 6.71 Å². The highest BCUT2D eigenvalue weighted by atomic mass is 32.1. The molecule has 9 aromatic carbocycles. The second-order valence-electron chi connectivity index (χ2n) is 23.9. The Morgan fingerprint density at radius 3 is 1.81 bits per heavy atom. The highest BCUT2D eigenvalue weighted by Crippen LogP contribution is 2.52. The van der Waals surface area contributed by atoms with Crippen LogP contribution >= 0.6 is 11.3 Å². The number of furan rings is 1. The Morgan fingerprint density at radius 2 is 1.09 bits per heavy atom. The van der Waals surface area contributed by atoms with E-state index in [4.69, 9.17) is 4.42 Å². The molecular weight excluding hydrogens is 930 g/mol. The van der Waals surface area contributed by atoms with Gasteiger partial charge in [0, 0.05) is 65.3 Å². The van der Waals surface area contributed by atoms with Crippen molar-refractivity contribution >= 4 is 117 Å². The minimum Gasteiger partial charge on any atom is -0.454 e. The fraction of sp³-hybridized carbons (Fsp3) is 0.188. The summed E-state index contributed by atoms with van der Waals surface area (Å²) in [6.07, 6.45) is 0. The number of hydrogen-bond acceptors (Lipinski definition) is 5. The van der Waals surface area contributed by atoms with E-state index in [1.807, 2.05) is 11.3 Å². The normalized spacial score (nSPS) is 13.4. The molecule has 4 nitrogen and oxygen atoms in total. The lowest BCUT2D eigenvalue weighted by Gasteiger charge is -2.43. The molecule has 4 heterocycles. The number of thiophene rings is 1. The molecule has 6 heteroatoms. The summed E-state index contributed by atoms with van der Waals surface area (Å²) in [6, 6.07) is 72.7. The molecule has 2 aliphatic heterocycles. The highest BCUT2D eigenvalue weighted by Gasteiger charge is 2.46. The third kappa shape index (κ3) is 7.70. The van der Waals surface area contributed by atoms with Crippen LogP contribution < -0.4 is 30.4 Å². The molecule has 0 amide bonds. The van der Waals surface area contributed by atoms with Crippen molar-refractivity contribution in [1.29, 1.82) is 0 Å². The number of fused-ring (bicyclic) bond motifs is 9. The van der Waals surface area contributed by atoms with Crippen molar-refractivity contribution in [2.24, 2.45) is 0 Å². The van der Waals surface area contributed by atoms with Gasteiger partial charge < -0.3 is 19.1 Å². The second-order valence-corrected chi connectivity index (χ2v) is 25.0. The molecule has 75 heavy (non-hydrogen) atoms. The summed E-state index contributed by atoms with van der Waals surface area (Å²) >= 11 is 1.95. The molecule has 0 N–H and O–H groups in total. The number of nitrogens with zero attached hydrogens (tertiary/aromatic N) is 3. The number of hydrogen-bond donors (Lipinski definition) is 0. The van der Waals surface area contributed by atoms with Crippen LogP contribution in [0.15, 0.2) is 199 Å². The minimum atomic E-state index is -0.0579. The number of rotatable bonds is 6. The molecule has 0 bridgehead atoms. The lowest BCUT2D eigenvalue weighted by atomic mass is 9.36. The average Bonchev–Trinajstić information content (AvgIpc) is 4.02. The third-order valence-electron chi connectivity index (χ3n) is 15.8. The van der Waals surface area contributed by atoms with Crippen molar-refractivity contribution in [3.8, 4) is 11.1 Å². The van der Waals surface area contributed by atoms with Gasteiger partial charge in [0.2, 0.25) is 0 Å². The van der Waals surface area contributed by atoms with Crippen LogP contribution in [0.5, 0.6) is 0 Å². The van der Waals surface area contributed by atoms with Crippen molar-refractivity contribution in [3.63, 3.8) is 0 Å². The number of benzene rings is 9. The molecule has 2 aromatic heterocycles. The first-order valence-corrected chi connectivity index (χ1v) is 27.3. The van der Waals surface area contributed by atoms with Gasteiger partial charge in [-0.3, -0.25) is 0 Å². The maximum absolute atomic E-state index is 7.02. The van der Waals surface area contributed by atoms with E-state index in [1.165, 1.54) is 65.0 Å². The Morgan fingerprint density at radius 1 is 0.480 bits per heavy atom. The molecule has 0 saturated carbocycles. The van der Waals surface area contributed by atoms with Crippen molar-refractivity contribution < 1.29 is 4.42 Å². The summed E-state index contributed by atoms with van der Waals surface area (Å²) in [4.78, 5) is 7.60. The van der Waals surface area contributed by atoms with Gasteiger partial charge in [0.1, 0.15) is 5.58 Å². The van der Waals surface area contributed by atoms with E-state index < -0.39 is 0 Å². The lowest BCUT2D eigenvalue weighted by molar-refractivity contribution is 0.590. The molecule has 0 atom stereocenters. The Kier molecular flexibility index (Phi) is 10.7. The molecule has 2 aliphatic rings. The van der Waals surface area contributed by atoms with Crippen molar-refractivity contribution in [3.05, 3.63) is 216 Å². The molecule has 368 valence electrons. The summed E-state index contributed by atoms with van der Waals surface area (Å²) in [5.41, 5.74) is 22.0. The fourth-order valence-corrected chi connectivity index (χ4v) is 13.1. The highest BCUT2D eigenvalue weighted by molar-refractivity contribution is 7.33. The van der Waals surface area contributed by atoms with Gasteiger partial charge in [-0.15, -0.1) is 11.3 Å². The van der Waals surface area contributed by atoms with E-state index in [2.05, 4.69) is 278 Å². The maximum Gasteiger partial charge on any atom is 0.264 e. The van der Waals surface area contributed by atoms with E-state index in [9.17, 15) is 0 Å². The van der Waals surface area contributed by atoms with Crippen LogP contribution in [0.25, 0.3) is 43.2 Å². The molecule has 0 saturated heterocycles. The lowest BCUT2D eigenvalue weighted by Crippen LogP contribution is -2.60. The second kappa shape index (κ2) is 17.1. The van der Waals surface area contributed by atoms with Crippen LogP contribution in [0, 0.1) is 6.92 Å². The SMILES string of the molecule is Cc1cc2c3c(c1)N(c1cccc4c1oc1ccccc14)c1cc(N(c4ccc(C(C)(C)C)cc4)c4ccccc4-c4ccccc4)ccc1B3c1sc3ccc(C(C)(C)C)cc3c1N2c1ccc(C(C)(C)C)cc1. The van der Waals surface area contributed by atoms with Gasteiger partial charge in [0.05, 0.1) is 17.1 Å². The predicted molar refractivity (Wildman–Crippen MR) is 324 cm³/mol. The number of anilines is 9. The van der Waals surface area contributed by atoms with Gasteiger partial charge in [-0.2, -0.15) is 0 Å². The van der Waals surface area contributed by atoms with Crippen LogP contribution in [-0.4, -0.2) is 6.71 Å². The predicted octanol–water partition coefficient (Wildman–Crippen LogP) is 18.2. The quantitative estimate of drug-likeness (QED) is 0.155. The minimum absolute atomic E-state index is 0.00485. The molecule has 0 fully saturated rings. The van der Waals surface area contributed by atoms with Gasteiger partial charge in [-0.1, -0.05) is 178 Å². The summed E-state index contributed by atoms with van der Waals surface area (Å²) in [6.45, 7) is 22.9. The standard InChI is InChI=1S/C69H62BN3OS/c1-43-39-59-63-60(40-43)73(57-25-18-23-53-52-22-15-17-26-61(52)74-65(53)57)58-42-50(71(48-32-27-45(28-33-48)67(2,3)4)56-24-16-14-21-51(56)44-19-12-11-13-20-44)36-37-55(58)70(63)66-64(54-41-47(69(8,9)10)31-38-62(54)75-66)72(59)49-34-29-46(30-35-49)68(5,6)7/h11-42H,1-10H3. The Hall–Kier alpha value is -7.80. The smallest absolute Gasteiger partial charge is 0.264 e. The van der Waals surface area contributed by atoms with Crippen LogP contribution in [-0.2, 0) is 16.2 Å². The average molecular weight is 992 g/mol. The summed E-state index contributed by atoms with van der Waals surface area (Å²) in [7, 11) is 0. The number of aryl methyl sites for hydroxylation is 1. The van der Waals surface area contributed by atoms with Crippen LogP contribution in [0.2, 0.25) is 0 Å². The van der Waals surface area contributed by atoms with Gasteiger partial charge in [-0.05, 0) is 141 Å². The number of para-hydroxylation sites is 3. The first-order valence-electron chi connectivity index (χ1n) is 26.5. The zero-order valence-corrected chi connectivity index (χ0v) is 45.5. The van der Waals surface area contributed by atoms with E-state index in [-0.39, 0.29) is 23.0 Å². The van der Waals surface area contributed by atoms with Crippen molar-refractivity contribution in [1.82, 2.24) is 0 Å². The van der Waals surface area contributed by atoms with Crippen LogP contribution in [0.4, 0.5) is 51.2 Å².